The molecule has 1 aliphatic heterocycles. The largest absolute Gasteiger partial charge is 0.367 e. The van der Waals surface area contributed by atoms with Gasteiger partial charge in [-0.25, -0.2) is 0 Å². The van der Waals surface area contributed by atoms with Crippen molar-refractivity contribution in [2.45, 2.75) is 51.4 Å². The van der Waals surface area contributed by atoms with Gasteiger partial charge in [-0.05, 0) is 42.7 Å². The number of hydrogen-bond acceptors (Lipinski definition) is 4. The maximum Gasteiger partial charge on any atom is 0.242 e. The quantitative estimate of drug-likeness (QED) is 0.929. The number of nitrogens with two attached hydrogens (primary N) is 1. The normalized spacial score (nSPS) is 26.3. The molecule has 4 nitrogen and oxygen atoms in total. The number of morpholine rings is 1. The molecule has 0 aliphatic carbocycles. The van der Waals surface area contributed by atoms with E-state index in [4.69, 9.17) is 10.5 Å². The molecule has 3 unspecified atom stereocenters. The Morgan fingerprint density at radius 3 is 2.95 bits per heavy atom. The Morgan fingerprint density at radius 1 is 1.60 bits per heavy atom. The molecule has 0 spiro atoms. The second-order valence-electron chi connectivity index (χ2n) is 5.87. The van der Waals surface area contributed by atoms with Crippen LogP contribution in [-0.4, -0.2) is 35.5 Å². The summed E-state index contributed by atoms with van der Waals surface area (Å²) in [4.78, 5) is 14.5. The van der Waals surface area contributed by atoms with Crippen molar-refractivity contribution < 1.29 is 9.53 Å². The highest BCUT2D eigenvalue weighted by molar-refractivity contribution is 7.07. The first-order valence-corrected chi connectivity index (χ1v) is 8.14. The van der Waals surface area contributed by atoms with Gasteiger partial charge < -0.3 is 15.4 Å². The molecule has 1 amide bonds. The lowest BCUT2D eigenvalue weighted by Gasteiger charge is -2.40. The third-order valence-corrected chi connectivity index (χ3v) is 4.42. The predicted octanol–water partition coefficient (Wildman–Crippen LogP) is 2.55. The highest BCUT2D eigenvalue weighted by Gasteiger charge is 2.36. The molecule has 112 valence electrons. The fourth-order valence-electron chi connectivity index (χ4n) is 2.75. The van der Waals surface area contributed by atoms with Crippen LogP contribution in [0.4, 0.5) is 0 Å². The first kappa shape index (κ1) is 15.5. The van der Waals surface area contributed by atoms with E-state index in [-0.39, 0.29) is 18.1 Å². The maximum atomic E-state index is 12.6. The van der Waals surface area contributed by atoms with Gasteiger partial charge in [0.1, 0.15) is 6.10 Å². The molecule has 0 aromatic carbocycles. The Kier molecular flexibility index (Phi) is 4.83. The van der Waals surface area contributed by atoms with Gasteiger partial charge in [-0.3, -0.25) is 4.79 Å². The van der Waals surface area contributed by atoms with E-state index >= 15 is 0 Å². The van der Waals surface area contributed by atoms with Gasteiger partial charge in [0.2, 0.25) is 5.91 Å². The van der Waals surface area contributed by atoms with Gasteiger partial charge >= 0.3 is 0 Å². The van der Waals surface area contributed by atoms with E-state index in [0.29, 0.717) is 19.5 Å². The van der Waals surface area contributed by atoms with Crippen LogP contribution < -0.4 is 5.73 Å². The molecule has 1 aromatic rings. The van der Waals surface area contributed by atoms with Gasteiger partial charge in [0.25, 0.3) is 0 Å². The molecule has 20 heavy (non-hydrogen) atoms. The third-order valence-electron chi connectivity index (χ3n) is 3.72. The first-order chi connectivity index (χ1) is 9.44. The summed E-state index contributed by atoms with van der Waals surface area (Å²) in [5, 5.41) is 4.12. The van der Waals surface area contributed by atoms with E-state index in [1.807, 2.05) is 24.1 Å². The fourth-order valence-corrected chi connectivity index (χ4v) is 3.45. The number of carbonyl (C=O) groups is 1. The molecule has 1 fully saturated rings. The molecule has 1 aromatic heterocycles. The lowest BCUT2D eigenvalue weighted by atomic mass is 9.94. The number of carbonyl (C=O) groups excluding carboxylic acids is 1. The molecular formula is C15H24N2O2S. The molecule has 2 N–H and O–H groups in total. The van der Waals surface area contributed by atoms with Crippen LogP contribution in [0.2, 0.25) is 0 Å². The van der Waals surface area contributed by atoms with Crippen molar-refractivity contribution in [3.8, 4) is 0 Å². The number of amides is 1. The number of ether oxygens (including phenoxy) is 1. The molecule has 0 saturated carbocycles. The number of nitrogens with zero attached hydrogens (tertiary/aromatic N) is 1. The Balaban J connectivity index is 2.10. The average Bonchev–Trinajstić information content (AvgIpc) is 2.91. The zero-order chi connectivity index (χ0) is 14.8. The van der Waals surface area contributed by atoms with Crippen LogP contribution in [0, 0.1) is 0 Å². The van der Waals surface area contributed by atoms with E-state index in [1.54, 1.807) is 11.3 Å². The van der Waals surface area contributed by atoms with Gasteiger partial charge in [0.05, 0.1) is 18.2 Å². The average molecular weight is 296 g/mol. The molecule has 1 aliphatic rings. The van der Waals surface area contributed by atoms with E-state index in [2.05, 4.69) is 18.4 Å². The summed E-state index contributed by atoms with van der Waals surface area (Å²) in [6.45, 7) is 7.10. The minimum atomic E-state index is -0.773. The standard InChI is InChI=1S/C15H24N2O2S/c1-4-6-15(3,16)14(18)17-8-11(2)19-13(9-17)12-5-7-20-10-12/h5,7,10-11,13H,4,6,8-9,16H2,1-3H3. The lowest BCUT2D eigenvalue weighted by molar-refractivity contribution is -0.150. The minimum absolute atomic E-state index is 0.0358. The van der Waals surface area contributed by atoms with Gasteiger partial charge in [-0.15, -0.1) is 0 Å². The summed E-state index contributed by atoms with van der Waals surface area (Å²) in [5.74, 6) is 0.0368. The van der Waals surface area contributed by atoms with E-state index in [9.17, 15) is 4.79 Å². The van der Waals surface area contributed by atoms with Crippen molar-refractivity contribution in [1.29, 1.82) is 0 Å². The molecule has 1 saturated heterocycles. The Labute approximate surface area is 124 Å². The summed E-state index contributed by atoms with van der Waals surface area (Å²) >= 11 is 1.65. The van der Waals surface area contributed by atoms with E-state index < -0.39 is 5.54 Å². The van der Waals surface area contributed by atoms with Crippen LogP contribution in [0.25, 0.3) is 0 Å². The van der Waals surface area contributed by atoms with Gasteiger partial charge in [0, 0.05) is 6.54 Å². The lowest BCUT2D eigenvalue weighted by Crippen LogP contribution is -2.57. The van der Waals surface area contributed by atoms with Crippen molar-refractivity contribution in [2.75, 3.05) is 13.1 Å². The first-order valence-electron chi connectivity index (χ1n) is 7.20. The van der Waals surface area contributed by atoms with Crippen LogP contribution in [-0.2, 0) is 9.53 Å². The smallest absolute Gasteiger partial charge is 0.242 e. The monoisotopic (exact) mass is 296 g/mol. The highest BCUT2D eigenvalue weighted by atomic mass is 32.1. The van der Waals surface area contributed by atoms with Gasteiger partial charge in [-0.2, -0.15) is 11.3 Å². The van der Waals surface area contributed by atoms with E-state index in [1.165, 1.54) is 0 Å². The Hall–Kier alpha value is -0.910. The van der Waals surface area contributed by atoms with Crippen molar-refractivity contribution in [3.63, 3.8) is 0 Å². The van der Waals surface area contributed by atoms with Gasteiger partial charge in [0.15, 0.2) is 0 Å². The third kappa shape index (κ3) is 3.40. The maximum absolute atomic E-state index is 12.6. The molecular weight excluding hydrogens is 272 g/mol. The minimum Gasteiger partial charge on any atom is -0.367 e. The second kappa shape index (κ2) is 6.24. The summed E-state index contributed by atoms with van der Waals surface area (Å²) in [6.07, 6.45) is 1.62. The summed E-state index contributed by atoms with van der Waals surface area (Å²) < 4.78 is 5.96. The second-order valence-corrected chi connectivity index (χ2v) is 6.65. The molecule has 2 rings (SSSR count). The zero-order valence-corrected chi connectivity index (χ0v) is 13.3. The topological polar surface area (TPSA) is 55.6 Å². The van der Waals surface area contributed by atoms with Crippen LogP contribution in [0.15, 0.2) is 16.8 Å². The van der Waals surface area contributed by atoms with Crippen LogP contribution in [0.3, 0.4) is 0 Å². The fraction of sp³-hybridized carbons (Fsp3) is 0.667. The number of hydrogen-bond donors (Lipinski definition) is 1. The molecule has 0 radical (unpaired) electrons. The SMILES string of the molecule is CCCC(C)(N)C(=O)N1CC(C)OC(c2ccsc2)C1. The molecule has 2 heterocycles. The number of rotatable bonds is 4. The summed E-state index contributed by atoms with van der Waals surface area (Å²) in [7, 11) is 0. The van der Waals surface area contributed by atoms with Gasteiger partial charge in [-0.1, -0.05) is 13.3 Å². The summed E-state index contributed by atoms with van der Waals surface area (Å²) in [6, 6.07) is 2.06. The van der Waals surface area contributed by atoms with Crippen LogP contribution >= 0.6 is 11.3 Å². The Bertz CT molecular complexity index is 445. The Morgan fingerprint density at radius 2 is 2.35 bits per heavy atom. The predicted molar refractivity (Wildman–Crippen MR) is 81.7 cm³/mol. The van der Waals surface area contributed by atoms with Crippen molar-refractivity contribution in [3.05, 3.63) is 22.4 Å². The van der Waals surface area contributed by atoms with E-state index in [0.717, 1.165) is 12.0 Å². The van der Waals surface area contributed by atoms with Crippen molar-refractivity contribution >= 4 is 17.2 Å². The molecule has 0 bridgehead atoms. The molecule has 3 atom stereocenters. The summed E-state index contributed by atoms with van der Waals surface area (Å²) in [5.41, 5.74) is 6.56. The molecule has 5 heteroatoms. The van der Waals surface area contributed by atoms with Crippen molar-refractivity contribution in [2.24, 2.45) is 5.73 Å². The number of thiophene rings is 1. The highest BCUT2D eigenvalue weighted by Crippen LogP contribution is 2.28. The zero-order valence-electron chi connectivity index (χ0n) is 12.5. The van der Waals surface area contributed by atoms with Crippen LogP contribution in [0.1, 0.15) is 45.3 Å². The van der Waals surface area contributed by atoms with Crippen LogP contribution in [0.5, 0.6) is 0 Å². The van der Waals surface area contributed by atoms with Crippen molar-refractivity contribution in [1.82, 2.24) is 4.90 Å².